The van der Waals surface area contributed by atoms with Crippen LogP contribution in [0, 0.1) is 0 Å². The van der Waals surface area contributed by atoms with E-state index >= 15 is 0 Å². The molecule has 7 heteroatoms. The number of halogens is 1. The molecule has 23 heavy (non-hydrogen) atoms. The largest absolute Gasteiger partial charge is 0.467 e. The highest BCUT2D eigenvalue weighted by atomic mass is 79.9. The minimum atomic E-state index is -0.326. The normalized spacial score (nSPS) is 11.1. The Bertz CT molecular complexity index is 694. The number of rotatable bonds is 6. The van der Waals surface area contributed by atoms with Crippen LogP contribution in [0.5, 0.6) is 0 Å². The van der Waals surface area contributed by atoms with Gasteiger partial charge >= 0.3 is 0 Å². The molecule has 0 unspecified atom stereocenters. The van der Waals surface area contributed by atoms with E-state index in [2.05, 4.69) is 31.8 Å². The van der Waals surface area contributed by atoms with Crippen molar-refractivity contribution in [3.8, 4) is 0 Å². The van der Waals surface area contributed by atoms with Gasteiger partial charge in [-0.25, -0.2) is 5.43 Å². The van der Waals surface area contributed by atoms with E-state index in [0.717, 1.165) is 4.47 Å². The molecule has 120 valence electrons. The molecule has 0 aliphatic carbocycles. The Morgan fingerprint density at radius 2 is 1.96 bits per heavy atom. The topological polar surface area (TPSA) is 83.7 Å². The number of hydrogen-bond acceptors (Lipinski definition) is 4. The maximum absolute atomic E-state index is 11.9. The van der Waals surface area contributed by atoms with Gasteiger partial charge in [0.2, 0.25) is 5.91 Å². The van der Waals surface area contributed by atoms with E-state index in [1.807, 2.05) is 0 Å². The Balaban J connectivity index is 1.79. The van der Waals surface area contributed by atoms with Crippen LogP contribution in [0.4, 0.5) is 0 Å². The van der Waals surface area contributed by atoms with Gasteiger partial charge in [-0.05, 0) is 43.3 Å². The maximum Gasteiger partial charge on any atom is 0.271 e. The molecule has 0 aliphatic rings. The summed E-state index contributed by atoms with van der Waals surface area (Å²) in [6, 6.07) is 10.4. The van der Waals surface area contributed by atoms with E-state index in [1.165, 1.54) is 0 Å². The SMILES string of the molecule is C/C(CC(=O)NCc1ccco1)=N/NC(=O)c1ccc(Br)cc1. The molecule has 1 aromatic heterocycles. The number of carbonyl (C=O) groups is 2. The highest BCUT2D eigenvalue weighted by Gasteiger charge is 2.07. The number of nitrogens with zero attached hydrogens (tertiary/aromatic N) is 1. The second kappa shape index (κ2) is 8.28. The molecule has 2 rings (SSSR count). The summed E-state index contributed by atoms with van der Waals surface area (Å²) in [6.45, 7) is 2.00. The summed E-state index contributed by atoms with van der Waals surface area (Å²) in [5, 5.41) is 6.64. The molecular weight excluding hydrogens is 362 g/mol. The van der Waals surface area contributed by atoms with Crippen molar-refractivity contribution < 1.29 is 14.0 Å². The fourth-order valence-electron chi connectivity index (χ4n) is 1.75. The van der Waals surface area contributed by atoms with Crippen LogP contribution in [0.1, 0.15) is 29.5 Å². The molecular formula is C16H16BrN3O3. The zero-order chi connectivity index (χ0) is 16.7. The first-order valence-corrected chi connectivity index (χ1v) is 7.72. The van der Waals surface area contributed by atoms with Crippen LogP contribution < -0.4 is 10.7 Å². The predicted molar refractivity (Wildman–Crippen MR) is 89.9 cm³/mol. The minimum Gasteiger partial charge on any atom is -0.467 e. The molecule has 0 saturated heterocycles. The standard InChI is InChI=1S/C16H16BrN3O3/c1-11(9-15(21)18-10-14-3-2-8-23-14)19-20-16(22)12-4-6-13(17)7-5-12/h2-8H,9-10H2,1H3,(H,18,21)(H,20,22)/b19-11-. The second-order valence-corrected chi connectivity index (χ2v) is 5.74. The van der Waals surface area contributed by atoms with Gasteiger partial charge in [0.05, 0.1) is 19.2 Å². The first-order valence-electron chi connectivity index (χ1n) is 6.93. The van der Waals surface area contributed by atoms with Crippen molar-refractivity contribution in [1.82, 2.24) is 10.7 Å². The van der Waals surface area contributed by atoms with Gasteiger partial charge in [0.1, 0.15) is 5.76 Å². The molecule has 0 spiro atoms. The van der Waals surface area contributed by atoms with E-state index in [4.69, 9.17) is 4.42 Å². The van der Waals surface area contributed by atoms with Crippen LogP contribution in [-0.2, 0) is 11.3 Å². The molecule has 0 bridgehead atoms. The number of carbonyl (C=O) groups excluding carboxylic acids is 2. The minimum absolute atomic E-state index is 0.0985. The van der Waals surface area contributed by atoms with Gasteiger partial charge in [0.25, 0.3) is 5.91 Å². The van der Waals surface area contributed by atoms with Crippen molar-refractivity contribution in [1.29, 1.82) is 0 Å². The van der Waals surface area contributed by atoms with Gasteiger partial charge in [-0.15, -0.1) is 0 Å². The summed E-state index contributed by atoms with van der Waals surface area (Å²) in [6.07, 6.45) is 1.65. The summed E-state index contributed by atoms with van der Waals surface area (Å²) in [4.78, 5) is 23.6. The van der Waals surface area contributed by atoms with Gasteiger partial charge in [0, 0.05) is 15.7 Å². The summed E-state index contributed by atoms with van der Waals surface area (Å²) in [5.41, 5.74) is 3.43. The predicted octanol–water partition coefficient (Wildman–Crippen LogP) is 2.85. The van der Waals surface area contributed by atoms with Gasteiger partial charge in [0.15, 0.2) is 0 Å². The van der Waals surface area contributed by atoms with Crippen molar-refractivity contribution >= 4 is 33.5 Å². The Hall–Kier alpha value is -2.41. The number of amides is 2. The molecule has 0 atom stereocenters. The lowest BCUT2D eigenvalue weighted by molar-refractivity contribution is -0.120. The van der Waals surface area contributed by atoms with Gasteiger partial charge < -0.3 is 9.73 Å². The number of nitrogens with one attached hydrogen (secondary N) is 2. The molecule has 0 saturated carbocycles. The summed E-state index contributed by atoms with van der Waals surface area (Å²) in [5.74, 6) is 0.157. The van der Waals surface area contributed by atoms with Crippen molar-refractivity contribution in [3.63, 3.8) is 0 Å². The lowest BCUT2D eigenvalue weighted by atomic mass is 10.2. The third-order valence-electron chi connectivity index (χ3n) is 2.91. The van der Waals surface area contributed by atoms with E-state index in [9.17, 15) is 9.59 Å². The lowest BCUT2D eigenvalue weighted by Gasteiger charge is -2.04. The average Bonchev–Trinajstić information content (AvgIpc) is 3.05. The van der Waals surface area contributed by atoms with Crippen molar-refractivity contribution in [2.24, 2.45) is 5.10 Å². The van der Waals surface area contributed by atoms with Crippen LogP contribution >= 0.6 is 15.9 Å². The molecule has 1 aromatic carbocycles. The third kappa shape index (κ3) is 5.71. The Kier molecular flexibility index (Phi) is 6.10. The smallest absolute Gasteiger partial charge is 0.271 e. The molecule has 2 aromatic rings. The first kappa shape index (κ1) is 17.0. The summed E-state index contributed by atoms with van der Waals surface area (Å²) < 4.78 is 6.01. The maximum atomic E-state index is 11.9. The van der Waals surface area contributed by atoms with Crippen LogP contribution in [0.25, 0.3) is 0 Å². The van der Waals surface area contributed by atoms with Gasteiger partial charge in [-0.3, -0.25) is 9.59 Å². The van der Waals surface area contributed by atoms with E-state index in [0.29, 0.717) is 23.6 Å². The number of benzene rings is 1. The number of furan rings is 1. The molecule has 2 amide bonds. The molecule has 0 aliphatic heterocycles. The lowest BCUT2D eigenvalue weighted by Crippen LogP contribution is -2.26. The van der Waals surface area contributed by atoms with Crippen molar-refractivity contribution in [2.75, 3.05) is 0 Å². The van der Waals surface area contributed by atoms with Crippen LogP contribution in [0.3, 0.4) is 0 Å². The molecule has 2 N–H and O–H groups in total. The van der Waals surface area contributed by atoms with Gasteiger partial charge in [-0.2, -0.15) is 5.10 Å². The average molecular weight is 378 g/mol. The van der Waals surface area contributed by atoms with Crippen molar-refractivity contribution in [2.45, 2.75) is 19.9 Å². The zero-order valence-electron chi connectivity index (χ0n) is 12.5. The zero-order valence-corrected chi connectivity index (χ0v) is 14.1. The molecule has 0 fully saturated rings. The molecule has 6 nitrogen and oxygen atoms in total. The van der Waals surface area contributed by atoms with Crippen molar-refractivity contribution in [3.05, 3.63) is 58.5 Å². The third-order valence-corrected chi connectivity index (χ3v) is 3.44. The van der Waals surface area contributed by atoms with Gasteiger partial charge in [-0.1, -0.05) is 15.9 Å². The summed E-state index contributed by atoms with van der Waals surface area (Å²) in [7, 11) is 0. The van der Waals surface area contributed by atoms with Crippen LogP contribution in [0.15, 0.2) is 56.7 Å². The highest BCUT2D eigenvalue weighted by Crippen LogP contribution is 2.10. The fourth-order valence-corrected chi connectivity index (χ4v) is 2.01. The first-order chi connectivity index (χ1) is 11.0. The van der Waals surface area contributed by atoms with E-state index < -0.39 is 0 Å². The van der Waals surface area contributed by atoms with Crippen LogP contribution in [-0.4, -0.2) is 17.5 Å². The monoisotopic (exact) mass is 377 g/mol. The fraction of sp³-hybridized carbons (Fsp3) is 0.188. The second-order valence-electron chi connectivity index (χ2n) is 4.83. The Morgan fingerprint density at radius 1 is 1.22 bits per heavy atom. The molecule has 0 radical (unpaired) electrons. The molecule has 1 heterocycles. The number of hydrazone groups is 1. The Morgan fingerprint density at radius 3 is 2.61 bits per heavy atom. The quantitative estimate of drug-likeness (QED) is 0.599. The summed E-state index contributed by atoms with van der Waals surface area (Å²) >= 11 is 3.30. The number of hydrogen-bond donors (Lipinski definition) is 2. The van der Waals surface area contributed by atoms with E-state index in [-0.39, 0.29) is 18.2 Å². The highest BCUT2D eigenvalue weighted by molar-refractivity contribution is 9.10. The Labute approximate surface area is 142 Å². The van der Waals surface area contributed by atoms with Crippen LogP contribution in [0.2, 0.25) is 0 Å². The van der Waals surface area contributed by atoms with E-state index in [1.54, 1.807) is 49.6 Å².